The van der Waals surface area contributed by atoms with E-state index < -0.39 is 10.0 Å². The molecule has 0 spiro atoms. The van der Waals surface area contributed by atoms with Gasteiger partial charge in [-0.3, -0.25) is 4.72 Å². The van der Waals surface area contributed by atoms with Gasteiger partial charge in [0, 0.05) is 22.2 Å². The summed E-state index contributed by atoms with van der Waals surface area (Å²) in [5, 5.41) is 2.90. The van der Waals surface area contributed by atoms with Gasteiger partial charge in [-0.1, -0.05) is 42.5 Å². The van der Waals surface area contributed by atoms with E-state index in [9.17, 15) is 8.42 Å². The van der Waals surface area contributed by atoms with E-state index in [0.29, 0.717) is 17.0 Å². The zero-order chi connectivity index (χ0) is 22.0. The fourth-order valence-corrected chi connectivity index (χ4v) is 5.54. The van der Waals surface area contributed by atoms with Gasteiger partial charge >= 0.3 is 0 Å². The van der Waals surface area contributed by atoms with Crippen molar-refractivity contribution in [3.63, 3.8) is 0 Å². The van der Waals surface area contributed by atoms with Crippen molar-refractivity contribution in [3.8, 4) is 27.6 Å². The largest absolute Gasteiger partial charge is 0.496 e. The van der Waals surface area contributed by atoms with Gasteiger partial charge in [0.2, 0.25) is 0 Å². The Balaban J connectivity index is 1.62. The first-order valence-corrected chi connectivity index (χ1v) is 12.0. The molecule has 0 amide bonds. The van der Waals surface area contributed by atoms with Crippen LogP contribution in [0, 0.1) is 13.8 Å². The van der Waals surface area contributed by atoms with Crippen LogP contribution in [-0.4, -0.2) is 20.5 Å². The second-order valence-electron chi connectivity index (χ2n) is 7.18. The van der Waals surface area contributed by atoms with Gasteiger partial charge in [-0.05, 0) is 49.2 Å². The first-order chi connectivity index (χ1) is 14.9. The quantitative estimate of drug-likeness (QED) is 0.397. The number of hydrogen-bond acceptors (Lipinski definition) is 5. The number of rotatable bonds is 6. The monoisotopic (exact) mass is 450 g/mol. The van der Waals surface area contributed by atoms with Gasteiger partial charge in [-0.25, -0.2) is 13.4 Å². The molecule has 0 unspecified atom stereocenters. The van der Waals surface area contributed by atoms with E-state index in [4.69, 9.17) is 9.72 Å². The molecule has 4 aromatic rings. The first-order valence-electron chi connectivity index (χ1n) is 9.67. The second-order valence-corrected chi connectivity index (χ2v) is 9.69. The Labute approximate surface area is 186 Å². The molecule has 0 atom stereocenters. The number of hydrogen-bond donors (Lipinski definition) is 1. The molecular formula is C24H22N2O3S2. The number of methoxy groups -OCH3 is 1. The lowest BCUT2D eigenvalue weighted by atomic mass is 10.1. The number of benzene rings is 3. The standard InChI is InChI=1S/C24H22N2O3S2/c1-16-13-23(17(2)12-22(16)29-3)31(27,28)26-20-11-7-10-19(14-20)21-15-30-24(25-21)18-8-5-4-6-9-18/h4-15,26H,1-3H3. The van der Waals surface area contributed by atoms with Crippen LogP contribution in [0.4, 0.5) is 5.69 Å². The van der Waals surface area contributed by atoms with Crippen molar-refractivity contribution in [2.24, 2.45) is 0 Å². The van der Waals surface area contributed by atoms with Crippen LogP contribution in [0.15, 0.2) is 77.0 Å². The number of thiazole rings is 1. The van der Waals surface area contributed by atoms with Crippen LogP contribution in [0.2, 0.25) is 0 Å². The second kappa shape index (κ2) is 8.53. The highest BCUT2D eigenvalue weighted by atomic mass is 32.2. The molecule has 0 fully saturated rings. The maximum Gasteiger partial charge on any atom is 0.262 e. The smallest absolute Gasteiger partial charge is 0.262 e. The number of aryl methyl sites for hydroxylation is 2. The third-order valence-corrected chi connectivity index (χ3v) is 7.33. The summed E-state index contributed by atoms with van der Waals surface area (Å²) < 4.78 is 34.1. The Morgan fingerprint density at radius 3 is 2.39 bits per heavy atom. The molecule has 1 N–H and O–H groups in total. The lowest BCUT2D eigenvalue weighted by molar-refractivity contribution is 0.411. The molecule has 0 aliphatic heterocycles. The molecule has 0 bridgehead atoms. The minimum atomic E-state index is -3.75. The number of nitrogens with zero attached hydrogens (tertiary/aromatic N) is 1. The normalized spacial score (nSPS) is 11.3. The van der Waals surface area contributed by atoms with Crippen molar-refractivity contribution in [2.75, 3.05) is 11.8 Å². The van der Waals surface area contributed by atoms with Crippen LogP contribution in [0.25, 0.3) is 21.8 Å². The average molecular weight is 451 g/mol. The molecule has 1 heterocycles. The first kappa shape index (κ1) is 21.1. The van der Waals surface area contributed by atoms with E-state index in [1.807, 2.05) is 54.8 Å². The molecule has 31 heavy (non-hydrogen) atoms. The number of sulfonamides is 1. The summed E-state index contributed by atoms with van der Waals surface area (Å²) in [5.74, 6) is 0.663. The van der Waals surface area contributed by atoms with Crippen molar-refractivity contribution < 1.29 is 13.2 Å². The highest BCUT2D eigenvalue weighted by molar-refractivity contribution is 7.92. The lowest BCUT2D eigenvalue weighted by Crippen LogP contribution is -2.14. The summed E-state index contributed by atoms with van der Waals surface area (Å²) in [4.78, 5) is 4.95. The fourth-order valence-electron chi connectivity index (χ4n) is 3.34. The van der Waals surface area contributed by atoms with E-state index >= 15 is 0 Å². The van der Waals surface area contributed by atoms with Crippen molar-refractivity contribution in [3.05, 3.63) is 83.2 Å². The average Bonchev–Trinajstić information content (AvgIpc) is 3.26. The Morgan fingerprint density at radius 2 is 1.65 bits per heavy atom. The minimum Gasteiger partial charge on any atom is -0.496 e. The van der Waals surface area contributed by atoms with Crippen molar-refractivity contribution in [1.82, 2.24) is 4.98 Å². The minimum absolute atomic E-state index is 0.233. The summed E-state index contributed by atoms with van der Waals surface area (Å²) in [6.07, 6.45) is 0. The van der Waals surface area contributed by atoms with Gasteiger partial charge in [0.15, 0.2) is 0 Å². The molecule has 158 valence electrons. The molecule has 0 saturated carbocycles. The predicted octanol–water partition coefficient (Wildman–Crippen LogP) is 5.90. The third-order valence-electron chi connectivity index (χ3n) is 4.92. The van der Waals surface area contributed by atoms with Gasteiger partial charge in [0.1, 0.15) is 10.8 Å². The Morgan fingerprint density at radius 1 is 0.903 bits per heavy atom. The van der Waals surface area contributed by atoms with Gasteiger partial charge in [0.25, 0.3) is 10.0 Å². The van der Waals surface area contributed by atoms with Crippen LogP contribution >= 0.6 is 11.3 Å². The summed E-state index contributed by atoms with van der Waals surface area (Å²) in [5.41, 5.74) is 4.58. The molecule has 0 radical (unpaired) electrons. The Bertz CT molecular complexity index is 1330. The molecular weight excluding hydrogens is 428 g/mol. The molecule has 0 aliphatic rings. The number of anilines is 1. The van der Waals surface area contributed by atoms with E-state index in [0.717, 1.165) is 27.4 Å². The molecule has 0 saturated heterocycles. The molecule has 0 aliphatic carbocycles. The number of nitrogens with one attached hydrogen (secondary N) is 1. The molecule has 1 aromatic heterocycles. The molecule has 4 rings (SSSR count). The number of aromatic nitrogens is 1. The maximum atomic E-state index is 13.0. The fraction of sp³-hybridized carbons (Fsp3) is 0.125. The zero-order valence-electron chi connectivity index (χ0n) is 17.4. The van der Waals surface area contributed by atoms with E-state index in [-0.39, 0.29) is 4.90 Å². The summed E-state index contributed by atoms with van der Waals surface area (Å²) >= 11 is 1.56. The van der Waals surface area contributed by atoms with Crippen LogP contribution in [0.5, 0.6) is 5.75 Å². The summed E-state index contributed by atoms with van der Waals surface area (Å²) in [6.45, 7) is 3.58. The van der Waals surface area contributed by atoms with E-state index in [1.165, 1.54) is 0 Å². The topological polar surface area (TPSA) is 68.3 Å². The predicted molar refractivity (Wildman–Crippen MR) is 126 cm³/mol. The lowest BCUT2D eigenvalue weighted by Gasteiger charge is -2.14. The highest BCUT2D eigenvalue weighted by Crippen LogP contribution is 2.31. The van der Waals surface area contributed by atoms with Gasteiger partial charge < -0.3 is 4.74 Å². The van der Waals surface area contributed by atoms with Crippen molar-refractivity contribution in [2.45, 2.75) is 18.7 Å². The Kier molecular flexibility index (Phi) is 5.80. The SMILES string of the molecule is COc1cc(C)c(S(=O)(=O)Nc2cccc(-c3csc(-c4ccccc4)n3)c2)cc1C. The molecule has 7 heteroatoms. The van der Waals surface area contributed by atoms with Crippen LogP contribution in [-0.2, 0) is 10.0 Å². The summed E-state index contributed by atoms with van der Waals surface area (Å²) in [6, 6.07) is 20.6. The van der Waals surface area contributed by atoms with E-state index in [2.05, 4.69) is 4.72 Å². The van der Waals surface area contributed by atoms with Gasteiger partial charge in [-0.2, -0.15) is 0 Å². The third kappa shape index (κ3) is 4.47. The number of ether oxygens (including phenoxy) is 1. The van der Waals surface area contributed by atoms with Crippen molar-refractivity contribution >= 4 is 27.0 Å². The Hall–Kier alpha value is -3.16. The van der Waals surface area contributed by atoms with Crippen LogP contribution < -0.4 is 9.46 Å². The van der Waals surface area contributed by atoms with Crippen LogP contribution in [0.1, 0.15) is 11.1 Å². The van der Waals surface area contributed by atoms with Gasteiger partial charge in [0.05, 0.1) is 17.7 Å². The van der Waals surface area contributed by atoms with E-state index in [1.54, 1.807) is 49.6 Å². The maximum absolute atomic E-state index is 13.0. The highest BCUT2D eigenvalue weighted by Gasteiger charge is 2.19. The molecule has 5 nitrogen and oxygen atoms in total. The molecule has 3 aromatic carbocycles. The van der Waals surface area contributed by atoms with Crippen molar-refractivity contribution in [1.29, 1.82) is 0 Å². The van der Waals surface area contributed by atoms with Crippen LogP contribution in [0.3, 0.4) is 0 Å². The summed E-state index contributed by atoms with van der Waals surface area (Å²) in [7, 11) is -2.18. The zero-order valence-corrected chi connectivity index (χ0v) is 19.0. The van der Waals surface area contributed by atoms with Gasteiger partial charge in [-0.15, -0.1) is 11.3 Å².